The molecule has 0 rings (SSSR count). The Morgan fingerprint density at radius 3 is 1.60 bits per heavy atom. The minimum atomic E-state index is -2.93. The Labute approximate surface area is 61.8 Å². The first kappa shape index (κ1) is 9.87. The van der Waals surface area contributed by atoms with Crippen molar-refractivity contribution in [1.82, 2.24) is 0 Å². The maximum Gasteiger partial charge on any atom is 0.304 e. The zero-order chi connectivity index (χ0) is 8.31. The number of alkyl halides is 3. The van der Waals surface area contributed by atoms with Gasteiger partial charge in [-0.15, -0.1) is 0 Å². The van der Waals surface area contributed by atoms with Gasteiger partial charge in [0, 0.05) is 0 Å². The minimum Gasteiger partial charge on any atom is -0.235 e. The Balaban J connectivity index is 4.22. The van der Waals surface area contributed by atoms with E-state index in [1.807, 2.05) is 15.9 Å². The smallest absolute Gasteiger partial charge is 0.235 e. The summed E-state index contributed by atoms with van der Waals surface area (Å²) in [4.78, 5) is 0. The van der Waals surface area contributed by atoms with Crippen LogP contribution in [0.3, 0.4) is 0 Å². The molecule has 0 N–H and O–H groups in total. The van der Waals surface area contributed by atoms with Gasteiger partial charge in [0.2, 0.25) is 5.83 Å². The summed E-state index contributed by atoms with van der Waals surface area (Å²) in [7, 11) is 0. The Hall–Kier alpha value is -0.130. The molecular weight excluding hydrogens is 223 g/mol. The fraction of sp³-hybridized carbons (Fsp3) is 0.500. The van der Waals surface area contributed by atoms with Gasteiger partial charge in [-0.3, -0.25) is 0 Å². The molecule has 0 aromatic heterocycles. The van der Waals surface area contributed by atoms with Crippen LogP contribution < -0.4 is 0 Å². The second-order valence-electron chi connectivity index (χ2n) is 1.34. The van der Waals surface area contributed by atoms with E-state index >= 15 is 0 Å². The predicted octanol–water partition coefficient (Wildman–Crippen LogP) is 3.09. The molecule has 2 unspecified atom stereocenters. The molecule has 10 heavy (non-hydrogen) atoms. The lowest BCUT2D eigenvalue weighted by Gasteiger charge is -2.02. The molecule has 0 spiro atoms. The SMILES string of the molecule is FC(F)=C(F)C(F)C(F)Br. The summed E-state index contributed by atoms with van der Waals surface area (Å²) in [6.07, 6.45) is -5.76. The maximum absolute atomic E-state index is 11.8. The molecular formula is C4H2BrF5. The average Bonchev–Trinajstić information content (AvgIpc) is 1.84. The number of halogens is 6. The Bertz CT molecular complexity index is 139. The molecule has 0 saturated heterocycles. The van der Waals surface area contributed by atoms with E-state index in [-0.39, 0.29) is 0 Å². The first-order valence-corrected chi connectivity index (χ1v) is 3.01. The lowest BCUT2D eigenvalue weighted by atomic mass is 10.4. The fourth-order valence-corrected chi connectivity index (χ4v) is 0.447. The number of rotatable bonds is 2. The van der Waals surface area contributed by atoms with Gasteiger partial charge in [-0.2, -0.15) is 8.78 Å². The summed E-state index contributed by atoms with van der Waals surface area (Å²) < 4.78 is 57.4. The molecule has 0 aliphatic rings. The standard InChI is InChI=1S/C4H2BrF5/c5-3(8)1(6)2(7)4(9)10/h1,3H. The molecule has 2 atom stereocenters. The molecule has 0 bridgehead atoms. The van der Waals surface area contributed by atoms with Crippen molar-refractivity contribution in [3.63, 3.8) is 0 Å². The summed E-state index contributed by atoms with van der Waals surface area (Å²) in [5.41, 5.74) is 0. The number of hydrogen-bond donors (Lipinski definition) is 0. The quantitative estimate of drug-likeness (QED) is 0.500. The van der Waals surface area contributed by atoms with E-state index in [9.17, 15) is 22.0 Å². The molecule has 0 aromatic rings. The molecule has 0 nitrogen and oxygen atoms in total. The molecule has 60 valence electrons. The van der Waals surface area contributed by atoms with Crippen LogP contribution >= 0.6 is 15.9 Å². The summed E-state index contributed by atoms with van der Waals surface area (Å²) >= 11 is 1.96. The Kier molecular flexibility index (Phi) is 3.85. The van der Waals surface area contributed by atoms with Gasteiger partial charge in [0.15, 0.2) is 11.3 Å². The molecule has 0 heterocycles. The van der Waals surface area contributed by atoms with Crippen LogP contribution in [0.1, 0.15) is 0 Å². The molecule has 0 radical (unpaired) electrons. The van der Waals surface area contributed by atoms with Crippen LogP contribution in [0.2, 0.25) is 0 Å². The zero-order valence-corrected chi connectivity index (χ0v) is 6.01. The predicted molar refractivity (Wildman–Crippen MR) is 29.1 cm³/mol. The van der Waals surface area contributed by atoms with E-state index in [4.69, 9.17) is 0 Å². The van der Waals surface area contributed by atoms with E-state index in [0.29, 0.717) is 0 Å². The summed E-state index contributed by atoms with van der Waals surface area (Å²) in [5, 5.41) is -2.44. The highest BCUT2D eigenvalue weighted by Crippen LogP contribution is 2.23. The van der Waals surface area contributed by atoms with Gasteiger partial charge in [0.05, 0.1) is 0 Å². The second-order valence-corrected chi connectivity index (χ2v) is 2.22. The molecule has 0 aliphatic carbocycles. The van der Waals surface area contributed by atoms with E-state index in [1.165, 1.54) is 0 Å². The van der Waals surface area contributed by atoms with E-state index in [0.717, 1.165) is 0 Å². The molecule has 0 fully saturated rings. The Morgan fingerprint density at radius 2 is 1.50 bits per heavy atom. The van der Waals surface area contributed by atoms with Crippen LogP contribution in [0.15, 0.2) is 11.9 Å². The Morgan fingerprint density at radius 1 is 1.10 bits per heavy atom. The van der Waals surface area contributed by atoms with Gasteiger partial charge in [0.25, 0.3) is 0 Å². The lowest BCUT2D eigenvalue weighted by Crippen LogP contribution is -2.11. The van der Waals surface area contributed by atoms with Gasteiger partial charge < -0.3 is 0 Å². The van der Waals surface area contributed by atoms with Gasteiger partial charge in [-0.1, -0.05) is 0 Å². The largest absolute Gasteiger partial charge is 0.304 e. The van der Waals surface area contributed by atoms with E-state index in [2.05, 4.69) is 0 Å². The monoisotopic (exact) mass is 224 g/mol. The third-order valence-electron chi connectivity index (χ3n) is 0.644. The van der Waals surface area contributed by atoms with Crippen LogP contribution in [-0.4, -0.2) is 11.3 Å². The van der Waals surface area contributed by atoms with E-state index in [1.54, 1.807) is 0 Å². The van der Waals surface area contributed by atoms with Crippen molar-refractivity contribution in [2.24, 2.45) is 0 Å². The maximum atomic E-state index is 11.8. The first-order valence-electron chi connectivity index (χ1n) is 2.09. The van der Waals surface area contributed by atoms with Crippen LogP contribution in [0.4, 0.5) is 22.0 Å². The molecule has 0 aromatic carbocycles. The minimum absolute atomic E-state index is 1.96. The van der Waals surface area contributed by atoms with Gasteiger partial charge >= 0.3 is 6.08 Å². The molecule has 6 heteroatoms. The summed E-state index contributed by atoms with van der Waals surface area (Å²) in [5.74, 6) is -2.37. The topological polar surface area (TPSA) is 0 Å². The number of hydrogen-bond acceptors (Lipinski definition) is 0. The van der Waals surface area contributed by atoms with Crippen LogP contribution in [0.5, 0.6) is 0 Å². The highest BCUT2D eigenvalue weighted by atomic mass is 79.9. The van der Waals surface area contributed by atoms with Crippen molar-refractivity contribution in [2.45, 2.75) is 11.3 Å². The van der Waals surface area contributed by atoms with Gasteiger partial charge in [-0.05, 0) is 15.9 Å². The van der Waals surface area contributed by atoms with Crippen LogP contribution in [-0.2, 0) is 0 Å². The zero-order valence-electron chi connectivity index (χ0n) is 4.42. The van der Waals surface area contributed by atoms with Gasteiger partial charge in [-0.25, -0.2) is 13.2 Å². The normalized spacial score (nSPS) is 16.2. The van der Waals surface area contributed by atoms with Crippen molar-refractivity contribution < 1.29 is 22.0 Å². The number of allylic oxidation sites excluding steroid dienone is 1. The highest BCUT2D eigenvalue weighted by molar-refractivity contribution is 9.09. The third-order valence-corrected chi connectivity index (χ3v) is 1.11. The first-order chi connectivity index (χ1) is 4.46. The van der Waals surface area contributed by atoms with Gasteiger partial charge in [0.1, 0.15) is 0 Å². The second kappa shape index (κ2) is 3.90. The van der Waals surface area contributed by atoms with Crippen molar-refractivity contribution in [3.05, 3.63) is 11.9 Å². The van der Waals surface area contributed by atoms with Crippen molar-refractivity contribution in [2.75, 3.05) is 0 Å². The van der Waals surface area contributed by atoms with Crippen LogP contribution in [0, 0.1) is 0 Å². The average molecular weight is 225 g/mol. The molecule has 0 aliphatic heterocycles. The van der Waals surface area contributed by atoms with Crippen LogP contribution in [0.25, 0.3) is 0 Å². The fourth-order valence-electron chi connectivity index (χ4n) is 0.215. The van der Waals surface area contributed by atoms with E-state index < -0.39 is 23.2 Å². The third kappa shape index (κ3) is 2.64. The van der Waals surface area contributed by atoms with Crippen molar-refractivity contribution >= 4 is 15.9 Å². The molecule has 0 amide bonds. The van der Waals surface area contributed by atoms with Crippen molar-refractivity contribution in [1.29, 1.82) is 0 Å². The lowest BCUT2D eigenvalue weighted by molar-refractivity contribution is 0.222. The molecule has 0 saturated carbocycles. The summed E-state index contributed by atoms with van der Waals surface area (Å²) in [6, 6.07) is 0. The highest BCUT2D eigenvalue weighted by Gasteiger charge is 2.26. The van der Waals surface area contributed by atoms with Crippen molar-refractivity contribution in [3.8, 4) is 0 Å². The summed E-state index contributed by atoms with van der Waals surface area (Å²) in [6.45, 7) is 0.